The number of ether oxygens (including phenoxy) is 3. The third-order valence-corrected chi connectivity index (χ3v) is 6.15. The van der Waals surface area contributed by atoms with Crippen molar-refractivity contribution in [2.24, 2.45) is 0 Å². The van der Waals surface area contributed by atoms with E-state index in [1.165, 1.54) is 0 Å². The van der Waals surface area contributed by atoms with Gasteiger partial charge in [0.15, 0.2) is 0 Å². The maximum absolute atomic E-state index is 6.64. The SMILES string of the molecule is COc1ccc([C@H]2C3=C(Nc4ncnn42)c2ccccc2O[C@H]3c2cccc(OC)c2)cc1. The third kappa shape index (κ3) is 3.12. The molecule has 0 fully saturated rings. The number of rotatable bonds is 4. The Kier molecular flexibility index (Phi) is 4.54. The number of para-hydroxylation sites is 1. The van der Waals surface area contributed by atoms with Crippen LogP contribution in [0.15, 0.2) is 84.7 Å². The first kappa shape index (κ1) is 19.4. The molecule has 33 heavy (non-hydrogen) atoms. The minimum Gasteiger partial charge on any atom is -0.497 e. The van der Waals surface area contributed by atoms with Crippen molar-refractivity contribution in [2.45, 2.75) is 12.1 Å². The van der Waals surface area contributed by atoms with Crippen LogP contribution in [-0.2, 0) is 0 Å². The number of hydrogen-bond donors (Lipinski definition) is 1. The molecule has 0 spiro atoms. The number of anilines is 1. The summed E-state index contributed by atoms with van der Waals surface area (Å²) in [6.07, 6.45) is 1.23. The number of nitrogens with one attached hydrogen (secondary N) is 1. The molecule has 6 rings (SSSR count). The molecule has 0 saturated carbocycles. The van der Waals surface area contributed by atoms with Gasteiger partial charge >= 0.3 is 0 Å². The maximum Gasteiger partial charge on any atom is 0.226 e. The maximum atomic E-state index is 6.64. The Balaban J connectivity index is 1.60. The van der Waals surface area contributed by atoms with E-state index in [1.54, 1.807) is 20.5 Å². The lowest BCUT2D eigenvalue weighted by Gasteiger charge is -2.39. The number of aromatic nitrogens is 3. The summed E-state index contributed by atoms with van der Waals surface area (Å²) in [4.78, 5) is 4.48. The van der Waals surface area contributed by atoms with Gasteiger partial charge in [-0.1, -0.05) is 36.4 Å². The van der Waals surface area contributed by atoms with Crippen LogP contribution in [0, 0.1) is 0 Å². The average Bonchev–Trinajstić information content (AvgIpc) is 3.35. The fourth-order valence-corrected chi connectivity index (χ4v) is 4.60. The van der Waals surface area contributed by atoms with Crippen molar-refractivity contribution in [3.8, 4) is 17.2 Å². The predicted octanol–water partition coefficient (Wildman–Crippen LogP) is 4.86. The summed E-state index contributed by atoms with van der Waals surface area (Å²) >= 11 is 0. The number of fused-ring (bicyclic) bond motifs is 3. The summed E-state index contributed by atoms with van der Waals surface area (Å²) in [7, 11) is 3.34. The van der Waals surface area contributed by atoms with Gasteiger partial charge in [-0.3, -0.25) is 0 Å². The van der Waals surface area contributed by atoms with Crippen molar-refractivity contribution in [1.29, 1.82) is 0 Å². The largest absolute Gasteiger partial charge is 0.497 e. The molecule has 4 aromatic rings. The highest BCUT2D eigenvalue weighted by Gasteiger charge is 2.40. The molecule has 0 unspecified atom stereocenters. The minimum atomic E-state index is -0.345. The number of methoxy groups -OCH3 is 2. The van der Waals surface area contributed by atoms with Gasteiger partial charge in [-0.2, -0.15) is 10.1 Å². The van der Waals surface area contributed by atoms with E-state index in [2.05, 4.69) is 39.7 Å². The molecule has 0 amide bonds. The summed E-state index contributed by atoms with van der Waals surface area (Å²) in [5.41, 5.74) is 5.11. The molecule has 0 aliphatic carbocycles. The van der Waals surface area contributed by atoms with Crippen molar-refractivity contribution in [2.75, 3.05) is 19.5 Å². The zero-order chi connectivity index (χ0) is 22.4. The van der Waals surface area contributed by atoms with E-state index in [0.717, 1.165) is 45.2 Å². The smallest absolute Gasteiger partial charge is 0.226 e. The van der Waals surface area contributed by atoms with Crippen LogP contribution in [0.4, 0.5) is 5.95 Å². The monoisotopic (exact) mass is 438 g/mol. The second-order valence-corrected chi connectivity index (χ2v) is 7.93. The van der Waals surface area contributed by atoms with Crippen LogP contribution in [0.1, 0.15) is 28.8 Å². The Morgan fingerprint density at radius 3 is 2.52 bits per heavy atom. The lowest BCUT2D eigenvalue weighted by Crippen LogP contribution is -2.32. The van der Waals surface area contributed by atoms with Gasteiger partial charge in [0.25, 0.3) is 0 Å². The topological polar surface area (TPSA) is 70.4 Å². The van der Waals surface area contributed by atoms with Crippen LogP contribution >= 0.6 is 0 Å². The lowest BCUT2D eigenvalue weighted by molar-refractivity contribution is 0.222. The van der Waals surface area contributed by atoms with Gasteiger partial charge in [0.05, 0.1) is 19.9 Å². The Hall–Kier alpha value is -4.26. The van der Waals surface area contributed by atoms with E-state index < -0.39 is 0 Å². The van der Waals surface area contributed by atoms with Crippen LogP contribution in [0.5, 0.6) is 17.2 Å². The quantitative estimate of drug-likeness (QED) is 0.491. The molecular formula is C26H22N4O3. The van der Waals surface area contributed by atoms with E-state index >= 15 is 0 Å². The van der Waals surface area contributed by atoms with E-state index in [9.17, 15) is 0 Å². The number of benzene rings is 3. The summed E-state index contributed by atoms with van der Waals surface area (Å²) in [6.45, 7) is 0. The van der Waals surface area contributed by atoms with Crippen LogP contribution in [0.25, 0.3) is 5.70 Å². The van der Waals surface area contributed by atoms with Crippen LogP contribution in [0.2, 0.25) is 0 Å². The summed E-state index contributed by atoms with van der Waals surface area (Å²) in [5, 5.41) is 8.08. The van der Waals surface area contributed by atoms with Gasteiger partial charge in [-0.25, -0.2) is 4.68 Å². The van der Waals surface area contributed by atoms with Gasteiger partial charge in [0.1, 0.15) is 35.7 Å². The molecule has 2 aliphatic heterocycles. The van der Waals surface area contributed by atoms with Gasteiger partial charge in [0, 0.05) is 16.7 Å². The van der Waals surface area contributed by atoms with E-state index in [4.69, 9.17) is 14.2 Å². The zero-order valence-electron chi connectivity index (χ0n) is 18.2. The molecule has 3 aromatic carbocycles. The van der Waals surface area contributed by atoms with Gasteiger partial charge in [0.2, 0.25) is 5.95 Å². The molecule has 1 aromatic heterocycles. The molecule has 2 aliphatic rings. The van der Waals surface area contributed by atoms with E-state index in [-0.39, 0.29) is 12.1 Å². The fourth-order valence-electron chi connectivity index (χ4n) is 4.60. The molecule has 1 N–H and O–H groups in total. The number of nitrogens with zero attached hydrogens (tertiary/aromatic N) is 3. The van der Waals surface area contributed by atoms with Crippen molar-refractivity contribution in [1.82, 2.24) is 14.8 Å². The van der Waals surface area contributed by atoms with Crippen LogP contribution < -0.4 is 19.5 Å². The standard InChI is InChI=1S/C26H22N4O3/c1-31-18-12-10-16(11-13-18)24-22-23(29-26-27-15-28-30(24)26)20-8-3-4-9-21(20)33-25(22)17-6-5-7-19(14-17)32-2/h3-15,24-25H,1-2H3,(H,27,28,29)/t24-,25-/m0/s1. The van der Waals surface area contributed by atoms with Crippen molar-refractivity contribution in [3.05, 3.63) is 101 Å². The Morgan fingerprint density at radius 2 is 1.70 bits per heavy atom. The van der Waals surface area contributed by atoms with Gasteiger partial charge in [-0.05, 0) is 42.0 Å². The fraction of sp³-hybridized carbons (Fsp3) is 0.154. The first-order valence-corrected chi connectivity index (χ1v) is 10.7. The Morgan fingerprint density at radius 1 is 0.879 bits per heavy atom. The number of hydrogen-bond acceptors (Lipinski definition) is 6. The van der Waals surface area contributed by atoms with Gasteiger partial charge < -0.3 is 19.5 Å². The van der Waals surface area contributed by atoms with Crippen molar-refractivity contribution in [3.63, 3.8) is 0 Å². The third-order valence-electron chi connectivity index (χ3n) is 6.15. The molecule has 2 atom stereocenters. The van der Waals surface area contributed by atoms with Gasteiger partial charge in [-0.15, -0.1) is 0 Å². The van der Waals surface area contributed by atoms with E-state index in [0.29, 0.717) is 5.95 Å². The van der Waals surface area contributed by atoms with Crippen LogP contribution in [-0.4, -0.2) is 29.0 Å². The highest BCUT2D eigenvalue weighted by Crippen LogP contribution is 2.50. The molecule has 164 valence electrons. The Labute approximate surface area is 191 Å². The highest BCUT2D eigenvalue weighted by atomic mass is 16.5. The first-order chi connectivity index (χ1) is 16.3. The molecule has 0 radical (unpaired) electrons. The second kappa shape index (κ2) is 7.70. The molecule has 7 nitrogen and oxygen atoms in total. The summed E-state index contributed by atoms with van der Waals surface area (Å²) in [6, 6.07) is 23.9. The predicted molar refractivity (Wildman–Crippen MR) is 125 cm³/mol. The van der Waals surface area contributed by atoms with Crippen molar-refractivity contribution >= 4 is 11.6 Å². The second-order valence-electron chi connectivity index (χ2n) is 7.93. The highest BCUT2D eigenvalue weighted by molar-refractivity contribution is 5.85. The molecule has 3 heterocycles. The molecular weight excluding hydrogens is 416 g/mol. The Bertz CT molecular complexity index is 1360. The summed E-state index contributed by atoms with van der Waals surface area (Å²) in [5.74, 6) is 3.09. The van der Waals surface area contributed by atoms with Crippen molar-refractivity contribution < 1.29 is 14.2 Å². The summed E-state index contributed by atoms with van der Waals surface area (Å²) < 4.78 is 19.4. The molecule has 7 heteroatoms. The first-order valence-electron chi connectivity index (χ1n) is 10.7. The lowest BCUT2D eigenvalue weighted by atomic mass is 9.84. The molecule has 0 saturated heterocycles. The normalized spacial score (nSPS) is 18.4. The zero-order valence-corrected chi connectivity index (χ0v) is 18.2. The minimum absolute atomic E-state index is 0.214. The molecule has 0 bridgehead atoms. The average molecular weight is 438 g/mol. The van der Waals surface area contributed by atoms with E-state index in [1.807, 2.05) is 53.2 Å². The van der Waals surface area contributed by atoms with Crippen LogP contribution in [0.3, 0.4) is 0 Å².